The number of epoxide rings is 1. The van der Waals surface area contributed by atoms with Crippen LogP contribution >= 0.6 is 0 Å². The van der Waals surface area contributed by atoms with Crippen LogP contribution in [0.15, 0.2) is 24.3 Å². The van der Waals surface area contributed by atoms with Gasteiger partial charge >= 0.3 is 5.72 Å². The molecule has 58 valence electrons. The van der Waals surface area contributed by atoms with Crippen molar-refractivity contribution >= 4 is 0 Å². The molecule has 4 heteroatoms. The molecule has 1 saturated heterocycles. The molecule has 1 fully saturated rings. The lowest BCUT2D eigenvalue weighted by atomic mass is 9.98. The molecule has 11 heavy (non-hydrogen) atoms. The first-order valence-corrected chi connectivity index (χ1v) is 3.32. The Labute approximate surface area is 63.3 Å². The molecule has 0 aromatic carbocycles. The molecule has 0 saturated carbocycles. The molecule has 4 nitrogen and oxygen atoms in total. The fourth-order valence-corrected chi connectivity index (χ4v) is 1.36. The first-order chi connectivity index (χ1) is 5.11. The molecule has 0 radical (unpaired) electrons. The topological polar surface area (TPSA) is 55.7 Å². The first kappa shape index (κ1) is 6.54. The molecule has 0 spiro atoms. The Morgan fingerprint density at radius 2 is 2.09 bits per heavy atom. The van der Waals surface area contributed by atoms with Crippen LogP contribution in [0, 0.1) is 10.1 Å². The van der Waals surface area contributed by atoms with Crippen molar-refractivity contribution < 1.29 is 9.66 Å². The molecule has 0 amide bonds. The summed E-state index contributed by atoms with van der Waals surface area (Å²) in [5, 5.41) is 10.5. The number of nitro groups is 1. The summed E-state index contributed by atoms with van der Waals surface area (Å²) in [6.07, 6.45) is 6.58. The van der Waals surface area contributed by atoms with Crippen LogP contribution in [0.3, 0.4) is 0 Å². The molecule has 2 aliphatic rings. The van der Waals surface area contributed by atoms with Gasteiger partial charge < -0.3 is 0 Å². The second-order valence-corrected chi connectivity index (χ2v) is 2.88. The minimum absolute atomic E-state index is 0.396. The first-order valence-electron chi connectivity index (χ1n) is 3.32. The summed E-state index contributed by atoms with van der Waals surface area (Å²) in [4.78, 5) is 10.1. The van der Waals surface area contributed by atoms with Gasteiger partial charge in [0.2, 0.25) is 0 Å². The molecule has 0 aromatic heterocycles. The Bertz CT molecular complexity index is 283. The SMILES string of the molecule is CC12C=CC=CC1([N+](=O)[O-])O2. The lowest BCUT2D eigenvalue weighted by Gasteiger charge is -2.03. The normalized spacial score (nSPS) is 45.2. The Morgan fingerprint density at radius 3 is 2.55 bits per heavy atom. The van der Waals surface area contributed by atoms with E-state index in [1.54, 1.807) is 25.2 Å². The fourth-order valence-electron chi connectivity index (χ4n) is 1.36. The number of ether oxygens (including phenoxy) is 1. The summed E-state index contributed by atoms with van der Waals surface area (Å²) in [5.74, 6) is 0. The van der Waals surface area contributed by atoms with Gasteiger partial charge in [0.25, 0.3) is 0 Å². The number of hydrogen-bond acceptors (Lipinski definition) is 3. The van der Waals surface area contributed by atoms with E-state index < -0.39 is 16.2 Å². The van der Waals surface area contributed by atoms with Gasteiger partial charge in [-0.05, 0) is 13.0 Å². The maximum absolute atomic E-state index is 10.5. The predicted molar refractivity (Wildman–Crippen MR) is 37.5 cm³/mol. The van der Waals surface area contributed by atoms with Crippen LogP contribution in [0.25, 0.3) is 0 Å². The summed E-state index contributed by atoms with van der Waals surface area (Å²) >= 11 is 0. The van der Waals surface area contributed by atoms with E-state index in [9.17, 15) is 10.1 Å². The van der Waals surface area contributed by atoms with Crippen LogP contribution in [0.4, 0.5) is 0 Å². The van der Waals surface area contributed by atoms with E-state index in [0.29, 0.717) is 0 Å². The average Bonchev–Trinajstić information content (AvgIpc) is 2.56. The van der Waals surface area contributed by atoms with Crippen molar-refractivity contribution in [2.24, 2.45) is 0 Å². The van der Waals surface area contributed by atoms with Gasteiger partial charge in [-0.3, -0.25) is 14.9 Å². The highest BCUT2D eigenvalue weighted by Crippen LogP contribution is 2.51. The highest BCUT2D eigenvalue weighted by molar-refractivity contribution is 5.33. The van der Waals surface area contributed by atoms with E-state index in [1.165, 1.54) is 6.08 Å². The van der Waals surface area contributed by atoms with Gasteiger partial charge in [0.05, 0.1) is 4.92 Å². The Kier molecular flexibility index (Phi) is 0.911. The minimum atomic E-state index is -1.26. The van der Waals surface area contributed by atoms with Crippen molar-refractivity contribution in [1.82, 2.24) is 0 Å². The number of nitrogens with zero attached hydrogens (tertiary/aromatic N) is 1. The molecular formula is C7H7NO3. The van der Waals surface area contributed by atoms with E-state index >= 15 is 0 Å². The zero-order valence-electron chi connectivity index (χ0n) is 5.98. The molecule has 1 heterocycles. The number of allylic oxidation sites excluding steroid dienone is 2. The highest BCUT2D eigenvalue weighted by Gasteiger charge is 2.76. The van der Waals surface area contributed by atoms with Crippen molar-refractivity contribution in [1.29, 1.82) is 0 Å². The van der Waals surface area contributed by atoms with Crippen LogP contribution in [0.5, 0.6) is 0 Å². The summed E-state index contributed by atoms with van der Waals surface area (Å²) in [6, 6.07) is 0. The third kappa shape index (κ3) is 0.574. The molecule has 0 bridgehead atoms. The van der Waals surface area contributed by atoms with Crippen LogP contribution in [-0.4, -0.2) is 16.2 Å². The van der Waals surface area contributed by atoms with Gasteiger partial charge in [0.1, 0.15) is 0 Å². The zero-order chi connectivity index (χ0) is 8.11. The van der Waals surface area contributed by atoms with E-state index in [1.807, 2.05) is 0 Å². The van der Waals surface area contributed by atoms with Crippen LogP contribution < -0.4 is 0 Å². The van der Waals surface area contributed by atoms with E-state index in [-0.39, 0.29) is 0 Å². The smallest absolute Gasteiger partial charge is 0.287 e. The molecule has 2 rings (SSSR count). The molecular weight excluding hydrogens is 146 g/mol. The fraction of sp³-hybridized carbons (Fsp3) is 0.429. The van der Waals surface area contributed by atoms with Gasteiger partial charge in [-0.15, -0.1) is 0 Å². The van der Waals surface area contributed by atoms with Gasteiger partial charge in [0.15, 0.2) is 5.60 Å². The quantitative estimate of drug-likeness (QED) is 0.319. The van der Waals surface area contributed by atoms with Crippen molar-refractivity contribution in [3.8, 4) is 0 Å². The predicted octanol–water partition coefficient (Wildman–Crippen LogP) is 0.874. The van der Waals surface area contributed by atoms with Gasteiger partial charge in [-0.1, -0.05) is 12.2 Å². The Balaban J connectivity index is 2.41. The molecule has 0 aromatic rings. The second-order valence-electron chi connectivity index (χ2n) is 2.88. The third-order valence-corrected chi connectivity index (χ3v) is 2.16. The zero-order valence-corrected chi connectivity index (χ0v) is 5.98. The minimum Gasteiger partial charge on any atom is -0.287 e. The van der Waals surface area contributed by atoms with Gasteiger partial charge in [-0.25, -0.2) is 0 Å². The lowest BCUT2D eigenvalue weighted by molar-refractivity contribution is -0.549. The molecule has 0 N–H and O–H groups in total. The van der Waals surface area contributed by atoms with Crippen molar-refractivity contribution in [3.05, 3.63) is 34.4 Å². The average molecular weight is 153 g/mol. The van der Waals surface area contributed by atoms with Crippen LogP contribution in [0.1, 0.15) is 6.92 Å². The van der Waals surface area contributed by atoms with Crippen molar-refractivity contribution in [2.75, 3.05) is 0 Å². The molecule has 1 aliphatic heterocycles. The summed E-state index contributed by atoms with van der Waals surface area (Å²) < 4.78 is 5.04. The lowest BCUT2D eigenvalue weighted by Crippen LogP contribution is -2.29. The monoisotopic (exact) mass is 153 g/mol. The van der Waals surface area contributed by atoms with E-state index in [0.717, 1.165) is 0 Å². The van der Waals surface area contributed by atoms with Crippen molar-refractivity contribution in [3.63, 3.8) is 0 Å². The number of fused-ring (bicyclic) bond motifs is 1. The Morgan fingerprint density at radius 1 is 1.45 bits per heavy atom. The maximum Gasteiger partial charge on any atom is 0.378 e. The number of rotatable bonds is 1. The van der Waals surface area contributed by atoms with Gasteiger partial charge in [-0.2, -0.15) is 0 Å². The van der Waals surface area contributed by atoms with E-state index in [4.69, 9.17) is 4.74 Å². The number of hydrogen-bond donors (Lipinski definition) is 0. The maximum atomic E-state index is 10.5. The highest BCUT2D eigenvalue weighted by atomic mass is 16.8. The standard InChI is InChI=1S/C7H7NO3/c1-6-4-2-3-5-7(6,11-6)8(9)10/h2-5H,1H3. The summed E-state index contributed by atoms with van der Waals surface area (Å²) in [6.45, 7) is 1.70. The molecule has 2 unspecified atom stereocenters. The largest absolute Gasteiger partial charge is 0.378 e. The third-order valence-electron chi connectivity index (χ3n) is 2.16. The van der Waals surface area contributed by atoms with E-state index in [2.05, 4.69) is 0 Å². The summed E-state index contributed by atoms with van der Waals surface area (Å²) in [7, 11) is 0. The van der Waals surface area contributed by atoms with Crippen LogP contribution in [-0.2, 0) is 4.74 Å². The van der Waals surface area contributed by atoms with Gasteiger partial charge in [0, 0.05) is 6.08 Å². The van der Waals surface area contributed by atoms with Crippen molar-refractivity contribution in [2.45, 2.75) is 18.2 Å². The Hall–Kier alpha value is -1.16. The molecule has 1 aliphatic carbocycles. The molecule has 2 atom stereocenters. The van der Waals surface area contributed by atoms with Crippen LogP contribution in [0.2, 0.25) is 0 Å². The second kappa shape index (κ2) is 1.53. The summed E-state index contributed by atoms with van der Waals surface area (Å²) in [5.41, 5.74) is -1.97.